The van der Waals surface area contributed by atoms with E-state index in [-0.39, 0.29) is 24.4 Å². The van der Waals surface area contributed by atoms with Crippen LogP contribution >= 0.6 is 0 Å². The van der Waals surface area contributed by atoms with E-state index in [9.17, 15) is 28.4 Å². The molecule has 190 valence electrons. The van der Waals surface area contributed by atoms with Crippen molar-refractivity contribution in [2.75, 3.05) is 13.7 Å². The molecule has 11 heteroatoms. The van der Waals surface area contributed by atoms with Crippen molar-refractivity contribution in [1.29, 1.82) is 5.26 Å². The van der Waals surface area contributed by atoms with Gasteiger partial charge in [0.15, 0.2) is 0 Å². The molecule has 0 radical (unpaired) electrons. The quantitative estimate of drug-likeness (QED) is 0.562. The highest BCUT2D eigenvalue weighted by Crippen LogP contribution is 2.49. The Bertz CT molecular complexity index is 1250. The number of halogens is 2. The number of amides is 3. The fourth-order valence-corrected chi connectivity index (χ4v) is 5.91. The second-order valence-corrected chi connectivity index (χ2v) is 9.77. The van der Waals surface area contributed by atoms with Crippen molar-refractivity contribution in [2.45, 2.75) is 56.2 Å². The lowest BCUT2D eigenvalue weighted by Gasteiger charge is -2.53. The number of alkyl halides is 2. The van der Waals surface area contributed by atoms with E-state index in [2.05, 4.69) is 15.6 Å². The maximum Gasteiger partial charge on any atom is 0.271 e. The molecule has 3 saturated heterocycles. The molecule has 1 aromatic heterocycles. The van der Waals surface area contributed by atoms with Gasteiger partial charge in [-0.3, -0.25) is 14.4 Å². The number of ether oxygens (including phenoxy) is 1. The first-order valence-electron chi connectivity index (χ1n) is 12.1. The van der Waals surface area contributed by atoms with Crippen LogP contribution in [-0.2, 0) is 9.59 Å². The molecule has 3 N–H and O–H groups in total. The molecule has 36 heavy (non-hydrogen) atoms. The van der Waals surface area contributed by atoms with Gasteiger partial charge in [0.1, 0.15) is 23.5 Å². The minimum absolute atomic E-state index is 0.0844. The van der Waals surface area contributed by atoms with Gasteiger partial charge in [-0.25, -0.2) is 8.78 Å². The zero-order valence-electron chi connectivity index (χ0n) is 19.7. The first-order chi connectivity index (χ1) is 17.2. The second kappa shape index (κ2) is 9.08. The molecule has 5 atom stereocenters. The van der Waals surface area contributed by atoms with Crippen molar-refractivity contribution in [1.82, 2.24) is 20.5 Å². The largest absolute Gasteiger partial charge is 0.496 e. The van der Waals surface area contributed by atoms with E-state index < -0.39 is 54.1 Å². The van der Waals surface area contributed by atoms with Gasteiger partial charge in [0, 0.05) is 35.8 Å². The lowest BCUT2D eigenvalue weighted by atomic mass is 9.71. The molecule has 5 unspecified atom stereocenters. The predicted octanol–water partition coefficient (Wildman–Crippen LogP) is 2.34. The van der Waals surface area contributed by atoms with Gasteiger partial charge in [0.25, 0.3) is 11.8 Å². The van der Waals surface area contributed by atoms with Crippen molar-refractivity contribution < 1.29 is 27.9 Å². The van der Waals surface area contributed by atoms with Gasteiger partial charge in [-0.2, -0.15) is 5.26 Å². The first-order valence-corrected chi connectivity index (χ1v) is 12.1. The Morgan fingerprint density at radius 3 is 2.81 bits per heavy atom. The number of rotatable bonds is 6. The van der Waals surface area contributed by atoms with E-state index in [1.54, 1.807) is 24.3 Å². The Morgan fingerprint density at radius 1 is 1.33 bits per heavy atom. The number of nitrogens with zero attached hydrogens (tertiary/aromatic N) is 2. The summed E-state index contributed by atoms with van der Waals surface area (Å²) in [5.41, 5.74) is 0.813. The van der Waals surface area contributed by atoms with E-state index in [0.29, 0.717) is 36.0 Å². The van der Waals surface area contributed by atoms with Crippen molar-refractivity contribution in [3.63, 3.8) is 0 Å². The fraction of sp³-hybridized carbons (Fsp3) is 0.520. The maximum absolute atomic E-state index is 15.0. The lowest BCUT2D eigenvalue weighted by Crippen LogP contribution is -2.68. The molecular weight excluding hydrogens is 472 g/mol. The Morgan fingerprint density at radius 2 is 2.14 bits per heavy atom. The molecule has 1 aromatic carbocycles. The number of carbonyl (C=O) groups excluding carboxylic acids is 3. The van der Waals surface area contributed by atoms with Gasteiger partial charge in [0.2, 0.25) is 11.8 Å². The topological polar surface area (TPSA) is 127 Å². The minimum atomic E-state index is -3.11. The summed E-state index contributed by atoms with van der Waals surface area (Å²) in [5.74, 6) is -5.90. The Kier molecular flexibility index (Phi) is 6.06. The van der Waals surface area contributed by atoms with Crippen LogP contribution in [0.2, 0.25) is 0 Å². The van der Waals surface area contributed by atoms with Crippen LogP contribution in [0.5, 0.6) is 5.75 Å². The van der Waals surface area contributed by atoms with Gasteiger partial charge in [-0.05, 0) is 43.9 Å². The number of fused-ring (bicyclic) bond motifs is 4. The van der Waals surface area contributed by atoms with Crippen LogP contribution < -0.4 is 15.4 Å². The number of aromatic amines is 1. The number of methoxy groups -OCH3 is 1. The summed E-state index contributed by atoms with van der Waals surface area (Å²) in [6.45, 7) is 0.492. The molecule has 2 aromatic rings. The molecule has 2 bridgehead atoms. The summed E-state index contributed by atoms with van der Waals surface area (Å²) in [5, 5.41) is 15.5. The summed E-state index contributed by atoms with van der Waals surface area (Å²) in [7, 11) is 1.51. The SMILES string of the molecule is COc1cccc2[nH]c(C(=O)N3C4CCC(C3C(=O)NC(C#N)CC3CCNC3=O)C(F)(F)C4)cc12. The number of hydrogen-bond donors (Lipinski definition) is 3. The van der Waals surface area contributed by atoms with E-state index in [0.717, 1.165) is 0 Å². The highest BCUT2D eigenvalue weighted by Gasteiger charge is 2.60. The average molecular weight is 500 g/mol. The normalized spacial score (nSPS) is 27.4. The van der Waals surface area contributed by atoms with Crippen LogP contribution in [0.1, 0.15) is 42.6 Å². The zero-order chi connectivity index (χ0) is 25.6. The van der Waals surface area contributed by atoms with E-state index in [4.69, 9.17) is 4.74 Å². The monoisotopic (exact) mass is 499 g/mol. The minimum Gasteiger partial charge on any atom is -0.496 e. The lowest BCUT2D eigenvalue weighted by molar-refractivity contribution is -0.179. The van der Waals surface area contributed by atoms with Crippen LogP contribution in [0.4, 0.5) is 8.78 Å². The van der Waals surface area contributed by atoms with Crippen molar-refractivity contribution in [2.24, 2.45) is 11.8 Å². The van der Waals surface area contributed by atoms with Crippen LogP contribution in [0.3, 0.4) is 0 Å². The Hall–Kier alpha value is -3.68. The van der Waals surface area contributed by atoms with Crippen LogP contribution in [0.15, 0.2) is 24.3 Å². The molecule has 4 fully saturated rings. The Labute approximate surface area is 206 Å². The van der Waals surface area contributed by atoms with Gasteiger partial charge in [0.05, 0.1) is 19.1 Å². The predicted molar refractivity (Wildman–Crippen MR) is 124 cm³/mol. The Balaban J connectivity index is 1.43. The highest BCUT2D eigenvalue weighted by molar-refractivity contribution is 6.02. The maximum atomic E-state index is 15.0. The fourth-order valence-electron chi connectivity index (χ4n) is 5.91. The third kappa shape index (κ3) is 4.04. The number of benzene rings is 1. The second-order valence-electron chi connectivity index (χ2n) is 9.77. The first kappa shape index (κ1) is 24.0. The third-order valence-corrected chi connectivity index (χ3v) is 7.67. The summed E-state index contributed by atoms with van der Waals surface area (Å²) < 4.78 is 35.3. The van der Waals surface area contributed by atoms with E-state index in [1.807, 2.05) is 6.07 Å². The zero-order valence-corrected chi connectivity index (χ0v) is 19.7. The van der Waals surface area contributed by atoms with Crippen LogP contribution in [0.25, 0.3) is 10.9 Å². The highest BCUT2D eigenvalue weighted by atomic mass is 19.3. The molecule has 1 saturated carbocycles. The van der Waals surface area contributed by atoms with Gasteiger partial charge < -0.3 is 25.3 Å². The number of H-pyrrole nitrogens is 1. The average Bonchev–Trinajstić information content (AvgIpc) is 3.48. The summed E-state index contributed by atoms with van der Waals surface area (Å²) in [6.07, 6.45) is 0.570. The summed E-state index contributed by atoms with van der Waals surface area (Å²) in [6, 6.07) is 5.57. The van der Waals surface area contributed by atoms with Crippen LogP contribution in [0, 0.1) is 23.2 Å². The molecule has 0 spiro atoms. The molecule has 9 nitrogen and oxygen atoms in total. The number of piperidine rings is 2. The summed E-state index contributed by atoms with van der Waals surface area (Å²) >= 11 is 0. The molecule has 4 aliphatic rings. The molecule has 6 rings (SSSR count). The number of nitrogens with one attached hydrogen (secondary N) is 3. The van der Waals surface area contributed by atoms with E-state index >= 15 is 0 Å². The number of carbonyl (C=O) groups is 3. The van der Waals surface area contributed by atoms with Crippen molar-refractivity contribution in [3.05, 3.63) is 30.0 Å². The smallest absolute Gasteiger partial charge is 0.271 e. The number of aromatic nitrogens is 1. The summed E-state index contributed by atoms with van der Waals surface area (Å²) in [4.78, 5) is 43.3. The van der Waals surface area contributed by atoms with Crippen LogP contribution in [-0.4, -0.2) is 65.3 Å². The molecule has 3 amide bonds. The number of nitriles is 1. The van der Waals surface area contributed by atoms with Gasteiger partial charge >= 0.3 is 0 Å². The molecule has 1 aliphatic carbocycles. The van der Waals surface area contributed by atoms with E-state index in [1.165, 1.54) is 12.0 Å². The molecular formula is C25H27F2N5O4. The molecule has 3 aliphatic heterocycles. The van der Waals surface area contributed by atoms with Crippen molar-refractivity contribution >= 4 is 28.6 Å². The standard InChI is InChI=1S/C25H27F2N5O4/c1-36-20-4-2-3-18-16(20)10-19(31-18)24(35)32-15-5-6-17(25(26,27)11-15)21(32)23(34)30-14(12-28)9-13-7-8-29-22(13)33/h2-4,10,13-15,17,21,31H,5-9,11H2,1H3,(H,29,33)(H,30,34). The van der Waals surface area contributed by atoms with Crippen molar-refractivity contribution in [3.8, 4) is 11.8 Å². The number of hydrogen-bond acceptors (Lipinski definition) is 5. The van der Waals surface area contributed by atoms with Gasteiger partial charge in [-0.15, -0.1) is 0 Å². The third-order valence-electron chi connectivity index (χ3n) is 7.67. The van der Waals surface area contributed by atoms with Gasteiger partial charge in [-0.1, -0.05) is 6.07 Å². The molecule has 4 heterocycles.